The summed E-state index contributed by atoms with van der Waals surface area (Å²) in [7, 11) is 0. The standard InChI is InChI=1S/C14H12FNOS/c15-11-5-3-4-10(8-11)9-17-13-7-2-1-6-12(13)14(16)18/h1-8H,9H2,(H2,16,18). The van der Waals surface area contributed by atoms with Crippen LogP contribution in [0.3, 0.4) is 0 Å². The summed E-state index contributed by atoms with van der Waals surface area (Å²) in [5, 5.41) is 0. The Morgan fingerprint density at radius 1 is 1.17 bits per heavy atom. The van der Waals surface area contributed by atoms with Crippen molar-refractivity contribution in [2.75, 3.05) is 0 Å². The molecule has 2 N–H and O–H groups in total. The van der Waals surface area contributed by atoms with Crippen molar-refractivity contribution in [1.82, 2.24) is 0 Å². The molecule has 4 heteroatoms. The van der Waals surface area contributed by atoms with Gasteiger partial charge in [0.1, 0.15) is 23.2 Å². The van der Waals surface area contributed by atoms with Crippen LogP contribution in [0.5, 0.6) is 5.75 Å². The van der Waals surface area contributed by atoms with Crippen molar-refractivity contribution in [1.29, 1.82) is 0 Å². The van der Waals surface area contributed by atoms with Crippen molar-refractivity contribution in [3.8, 4) is 5.75 Å². The summed E-state index contributed by atoms with van der Waals surface area (Å²) in [5.74, 6) is 0.327. The smallest absolute Gasteiger partial charge is 0.129 e. The molecule has 0 radical (unpaired) electrons. The third-order valence-corrected chi connectivity index (χ3v) is 2.66. The van der Waals surface area contributed by atoms with Gasteiger partial charge in [-0.25, -0.2) is 4.39 Å². The zero-order valence-corrected chi connectivity index (χ0v) is 10.4. The molecule has 0 aliphatic heterocycles. The van der Waals surface area contributed by atoms with Gasteiger partial charge in [0, 0.05) is 0 Å². The van der Waals surface area contributed by atoms with Gasteiger partial charge in [0.05, 0.1) is 5.56 Å². The minimum absolute atomic E-state index is 0.275. The molecule has 18 heavy (non-hydrogen) atoms. The molecule has 0 bridgehead atoms. The molecule has 0 spiro atoms. The fourth-order valence-electron chi connectivity index (χ4n) is 1.58. The van der Waals surface area contributed by atoms with E-state index in [1.165, 1.54) is 12.1 Å². The molecule has 2 aromatic rings. The number of thiocarbonyl (C=S) groups is 1. The number of hydrogen-bond acceptors (Lipinski definition) is 2. The van der Waals surface area contributed by atoms with E-state index in [0.29, 0.717) is 11.3 Å². The van der Waals surface area contributed by atoms with Crippen molar-refractivity contribution >= 4 is 17.2 Å². The molecule has 2 nitrogen and oxygen atoms in total. The van der Waals surface area contributed by atoms with Gasteiger partial charge in [-0.2, -0.15) is 0 Å². The minimum atomic E-state index is -0.279. The molecule has 0 amide bonds. The van der Waals surface area contributed by atoms with Gasteiger partial charge in [-0.05, 0) is 29.8 Å². The fraction of sp³-hybridized carbons (Fsp3) is 0.0714. The second kappa shape index (κ2) is 5.60. The first-order chi connectivity index (χ1) is 8.66. The quantitative estimate of drug-likeness (QED) is 0.859. The highest BCUT2D eigenvalue weighted by molar-refractivity contribution is 7.80. The largest absolute Gasteiger partial charge is 0.488 e. The number of ether oxygens (including phenoxy) is 1. The maximum Gasteiger partial charge on any atom is 0.129 e. The van der Waals surface area contributed by atoms with Crippen LogP contribution in [0.4, 0.5) is 4.39 Å². The molecule has 0 aliphatic carbocycles. The first kappa shape index (κ1) is 12.5. The van der Waals surface area contributed by atoms with Crippen LogP contribution >= 0.6 is 12.2 Å². The lowest BCUT2D eigenvalue weighted by atomic mass is 10.2. The number of hydrogen-bond donors (Lipinski definition) is 1. The SMILES string of the molecule is NC(=S)c1ccccc1OCc1cccc(F)c1. The van der Waals surface area contributed by atoms with Gasteiger partial charge >= 0.3 is 0 Å². The monoisotopic (exact) mass is 261 g/mol. The van der Waals surface area contributed by atoms with Crippen LogP contribution in [0.2, 0.25) is 0 Å². The zero-order valence-electron chi connectivity index (χ0n) is 9.60. The lowest BCUT2D eigenvalue weighted by Crippen LogP contribution is -2.11. The van der Waals surface area contributed by atoms with Crippen molar-refractivity contribution in [3.63, 3.8) is 0 Å². The summed E-state index contributed by atoms with van der Waals surface area (Å²) in [5.41, 5.74) is 7.04. The van der Waals surface area contributed by atoms with Crippen LogP contribution in [-0.2, 0) is 6.61 Å². The van der Waals surface area contributed by atoms with Crippen molar-refractivity contribution < 1.29 is 9.13 Å². The van der Waals surface area contributed by atoms with Crippen LogP contribution in [0.1, 0.15) is 11.1 Å². The van der Waals surface area contributed by atoms with Crippen LogP contribution in [0.15, 0.2) is 48.5 Å². The minimum Gasteiger partial charge on any atom is -0.488 e. The molecule has 2 rings (SSSR count). The van der Waals surface area contributed by atoms with E-state index < -0.39 is 0 Å². The summed E-state index contributed by atoms with van der Waals surface area (Å²) < 4.78 is 18.6. The van der Waals surface area contributed by atoms with E-state index in [2.05, 4.69) is 0 Å². The number of nitrogens with two attached hydrogens (primary N) is 1. The normalized spacial score (nSPS) is 10.1. The van der Waals surface area contributed by atoms with Crippen LogP contribution in [0.25, 0.3) is 0 Å². The third kappa shape index (κ3) is 3.05. The van der Waals surface area contributed by atoms with E-state index in [-0.39, 0.29) is 17.4 Å². The molecule has 92 valence electrons. The first-order valence-corrected chi connectivity index (χ1v) is 5.84. The highest BCUT2D eigenvalue weighted by Crippen LogP contribution is 2.19. The summed E-state index contributed by atoms with van der Waals surface area (Å²) >= 11 is 4.94. The van der Waals surface area contributed by atoms with Crippen molar-refractivity contribution in [3.05, 3.63) is 65.5 Å². The maximum absolute atomic E-state index is 13.0. The van der Waals surface area contributed by atoms with Gasteiger partial charge in [0.2, 0.25) is 0 Å². The molecule has 0 atom stereocenters. The summed E-state index contributed by atoms with van der Waals surface area (Å²) in [6.45, 7) is 0.275. The topological polar surface area (TPSA) is 35.2 Å². The lowest BCUT2D eigenvalue weighted by molar-refractivity contribution is 0.305. The van der Waals surface area contributed by atoms with Gasteiger partial charge < -0.3 is 10.5 Å². The zero-order chi connectivity index (χ0) is 13.0. The van der Waals surface area contributed by atoms with E-state index >= 15 is 0 Å². The van der Waals surface area contributed by atoms with Crippen LogP contribution in [-0.4, -0.2) is 4.99 Å². The number of benzene rings is 2. The Labute approximate surface area is 110 Å². The number of rotatable bonds is 4. The Hall–Kier alpha value is -1.94. The van der Waals surface area contributed by atoms with E-state index in [4.69, 9.17) is 22.7 Å². The van der Waals surface area contributed by atoms with Crippen LogP contribution in [0, 0.1) is 5.82 Å². The van der Waals surface area contributed by atoms with E-state index in [9.17, 15) is 4.39 Å². The molecule has 0 aliphatic rings. The van der Waals surface area contributed by atoms with E-state index in [1.807, 2.05) is 12.1 Å². The highest BCUT2D eigenvalue weighted by Gasteiger charge is 2.05. The summed E-state index contributed by atoms with van der Waals surface area (Å²) in [4.78, 5) is 0.282. The Balaban J connectivity index is 2.13. The van der Waals surface area contributed by atoms with Crippen molar-refractivity contribution in [2.45, 2.75) is 6.61 Å². The molecule has 0 saturated heterocycles. The second-order valence-corrected chi connectivity index (χ2v) is 4.22. The molecule has 2 aromatic carbocycles. The summed E-state index contributed by atoms with van der Waals surface area (Å²) in [6, 6.07) is 13.5. The summed E-state index contributed by atoms with van der Waals surface area (Å²) in [6.07, 6.45) is 0. The van der Waals surface area contributed by atoms with E-state index in [1.54, 1.807) is 24.3 Å². The molecule has 0 saturated carbocycles. The predicted octanol–water partition coefficient (Wildman–Crippen LogP) is 3.04. The van der Waals surface area contributed by atoms with Gasteiger partial charge in [-0.15, -0.1) is 0 Å². The molecular weight excluding hydrogens is 249 g/mol. The third-order valence-electron chi connectivity index (χ3n) is 2.44. The fourth-order valence-corrected chi connectivity index (χ4v) is 1.75. The molecule has 0 unspecified atom stereocenters. The maximum atomic E-state index is 13.0. The highest BCUT2D eigenvalue weighted by atomic mass is 32.1. The van der Waals surface area contributed by atoms with Gasteiger partial charge in [0.15, 0.2) is 0 Å². The average Bonchev–Trinajstić information content (AvgIpc) is 2.37. The molecule has 0 aromatic heterocycles. The Kier molecular flexibility index (Phi) is 3.89. The molecule has 0 heterocycles. The first-order valence-electron chi connectivity index (χ1n) is 5.43. The van der Waals surface area contributed by atoms with Gasteiger partial charge in [-0.1, -0.05) is 36.5 Å². The Bertz CT molecular complexity index is 571. The number of para-hydroxylation sites is 1. The van der Waals surface area contributed by atoms with E-state index in [0.717, 1.165) is 5.56 Å². The van der Waals surface area contributed by atoms with Gasteiger partial charge in [-0.3, -0.25) is 0 Å². The lowest BCUT2D eigenvalue weighted by Gasteiger charge is -2.10. The molecule has 0 fully saturated rings. The molecular formula is C14H12FNOS. The second-order valence-electron chi connectivity index (χ2n) is 3.78. The predicted molar refractivity (Wildman–Crippen MR) is 73.1 cm³/mol. The van der Waals surface area contributed by atoms with Gasteiger partial charge in [0.25, 0.3) is 0 Å². The van der Waals surface area contributed by atoms with Crippen LogP contribution < -0.4 is 10.5 Å². The van der Waals surface area contributed by atoms with Crippen molar-refractivity contribution in [2.24, 2.45) is 5.73 Å². The Morgan fingerprint density at radius 2 is 1.94 bits per heavy atom. The number of halogens is 1. The Morgan fingerprint density at radius 3 is 2.67 bits per heavy atom. The average molecular weight is 261 g/mol.